The van der Waals surface area contributed by atoms with Gasteiger partial charge in [-0.05, 0) is 41.3 Å². The van der Waals surface area contributed by atoms with Crippen LogP contribution in [0.4, 0.5) is 11.4 Å². The number of fused-ring (bicyclic) bond motifs is 3. The number of carbonyl (C=O) groups excluding carboxylic acids is 1. The number of nitrogens with zero attached hydrogens (tertiary/aromatic N) is 1. The van der Waals surface area contributed by atoms with Gasteiger partial charge in [-0.15, -0.1) is 0 Å². The van der Waals surface area contributed by atoms with Crippen LogP contribution >= 0.6 is 15.9 Å². The highest BCUT2D eigenvalue weighted by Gasteiger charge is 2.34. The number of nitrogens with one attached hydrogen (secondary N) is 1. The van der Waals surface area contributed by atoms with Crippen molar-refractivity contribution < 1.29 is 4.79 Å². The van der Waals surface area contributed by atoms with Gasteiger partial charge in [0.1, 0.15) is 6.17 Å². The zero-order chi connectivity index (χ0) is 19.1. The minimum absolute atomic E-state index is 0.00128. The molecule has 1 atom stereocenters. The fourth-order valence-corrected chi connectivity index (χ4v) is 4.05. The van der Waals surface area contributed by atoms with E-state index in [9.17, 15) is 4.79 Å². The lowest BCUT2D eigenvalue weighted by Crippen LogP contribution is -2.43. The smallest absolute Gasteiger partial charge is 0.262 e. The average Bonchev–Trinajstić information content (AvgIpc) is 2.74. The summed E-state index contributed by atoms with van der Waals surface area (Å²) in [4.78, 5) is 15.4. The molecule has 1 N–H and O–H groups in total. The summed E-state index contributed by atoms with van der Waals surface area (Å²) in [5, 5.41) is 5.82. The molecule has 1 heterocycles. The monoisotopic (exact) mass is 428 g/mol. The van der Waals surface area contributed by atoms with Crippen molar-refractivity contribution >= 4 is 44.0 Å². The number of anilines is 2. The standard InChI is InChI=1S/C24H17BrN2O/c25-18-13-10-17(11-14-18)23-26-22-20-9-5-4-6-16(20)12-15-21(22)24(28)27(23)19-7-2-1-3-8-19/h1-15,23,26H/t23-/m0/s1. The number of hydrogen-bond acceptors (Lipinski definition) is 2. The normalized spacial score (nSPS) is 16.0. The fraction of sp³-hybridized carbons (Fsp3) is 0.0417. The number of carbonyl (C=O) groups is 1. The van der Waals surface area contributed by atoms with Crippen LogP contribution in [0.5, 0.6) is 0 Å². The van der Waals surface area contributed by atoms with Crippen molar-refractivity contribution in [3.8, 4) is 0 Å². The van der Waals surface area contributed by atoms with E-state index in [-0.39, 0.29) is 12.1 Å². The van der Waals surface area contributed by atoms with Crippen molar-refractivity contribution in [2.75, 3.05) is 10.2 Å². The van der Waals surface area contributed by atoms with Crippen molar-refractivity contribution in [2.45, 2.75) is 6.17 Å². The Kier molecular flexibility index (Phi) is 4.14. The largest absolute Gasteiger partial charge is 0.360 e. The number of amides is 1. The lowest BCUT2D eigenvalue weighted by molar-refractivity contribution is 0.0975. The summed E-state index contributed by atoms with van der Waals surface area (Å²) in [7, 11) is 0. The molecule has 1 amide bonds. The molecule has 0 saturated heterocycles. The van der Waals surface area contributed by atoms with E-state index in [1.54, 1.807) is 0 Å². The second kappa shape index (κ2) is 6.80. The third kappa shape index (κ3) is 2.77. The molecule has 4 aromatic carbocycles. The van der Waals surface area contributed by atoms with Gasteiger partial charge in [-0.25, -0.2) is 0 Å². The Morgan fingerprint density at radius 1 is 0.786 bits per heavy atom. The molecular formula is C24H17BrN2O. The molecule has 1 aliphatic rings. The fourth-order valence-electron chi connectivity index (χ4n) is 3.79. The van der Waals surface area contributed by atoms with Gasteiger partial charge < -0.3 is 5.32 Å². The maximum Gasteiger partial charge on any atom is 0.262 e. The number of benzene rings is 4. The van der Waals surface area contributed by atoms with Crippen LogP contribution in [0.1, 0.15) is 22.1 Å². The van der Waals surface area contributed by atoms with Crippen molar-refractivity contribution in [1.82, 2.24) is 0 Å². The van der Waals surface area contributed by atoms with E-state index in [0.717, 1.165) is 32.2 Å². The Morgan fingerprint density at radius 3 is 2.29 bits per heavy atom. The molecule has 136 valence electrons. The third-order valence-electron chi connectivity index (χ3n) is 5.14. The average molecular weight is 429 g/mol. The molecule has 0 aliphatic carbocycles. The van der Waals surface area contributed by atoms with Crippen LogP contribution in [-0.4, -0.2) is 5.91 Å². The molecular weight excluding hydrogens is 412 g/mol. The summed E-state index contributed by atoms with van der Waals surface area (Å²) in [6, 6.07) is 30.0. The van der Waals surface area contributed by atoms with Crippen molar-refractivity contribution in [1.29, 1.82) is 0 Å². The Morgan fingerprint density at radius 2 is 1.50 bits per heavy atom. The number of rotatable bonds is 2. The van der Waals surface area contributed by atoms with Crippen LogP contribution in [0.2, 0.25) is 0 Å². The molecule has 0 aromatic heterocycles. The summed E-state index contributed by atoms with van der Waals surface area (Å²) in [5.74, 6) is -0.00128. The Bertz CT molecular complexity index is 1170. The summed E-state index contributed by atoms with van der Waals surface area (Å²) in [5.41, 5.74) is 3.48. The first-order chi connectivity index (χ1) is 13.7. The highest BCUT2D eigenvalue weighted by Crippen LogP contribution is 2.40. The summed E-state index contributed by atoms with van der Waals surface area (Å²) in [6.45, 7) is 0. The van der Waals surface area contributed by atoms with Gasteiger partial charge in [0.05, 0.1) is 11.3 Å². The highest BCUT2D eigenvalue weighted by atomic mass is 79.9. The maximum atomic E-state index is 13.6. The van der Waals surface area contributed by atoms with Gasteiger partial charge in [-0.2, -0.15) is 0 Å². The molecule has 5 rings (SSSR count). The van der Waals surface area contributed by atoms with Gasteiger partial charge in [0.15, 0.2) is 0 Å². The van der Waals surface area contributed by atoms with Gasteiger partial charge in [0.25, 0.3) is 5.91 Å². The van der Waals surface area contributed by atoms with Crippen LogP contribution in [0, 0.1) is 0 Å². The van der Waals surface area contributed by atoms with Crippen molar-refractivity contribution in [2.24, 2.45) is 0 Å². The number of para-hydroxylation sites is 1. The zero-order valence-electron chi connectivity index (χ0n) is 15.0. The summed E-state index contributed by atoms with van der Waals surface area (Å²) < 4.78 is 1.01. The molecule has 1 aliphatic heterocycles. The van der Waals surface area contributed by atoms with Gasteiger partial charge in [0.2, 0.25) is 0 Å². The molecule has 0 spiro atoms. The minimum atomic E-state index is -0.290. The third-order valence-corrected chi connectivity index (χ3v) is 5.67. The van der Waals surface area contributed by atoms with E-state index >= 15 is 0 Å². The van der Waals surface area contributed by atoms with Gasteiger partial charge >= 0.3 is 0 Å². The predicted octanol–water partition coefficient (Wildman–Crippen LogP) is 6.37. The molecule has 0 unspecified atom stereocenters. The number of halogens is 1. The molecule has 0 radical (unpaired) electrons. The first kappa shape index (κ1) is 17.0. The van der Waals surface area contributed by atoms with E-state index in [1.807, 2.05) is 83.8 Å². The number of hydrogen-bond donors (Lipinski definition) is 1. The van der Waals surface area contributed by atoms with Gasteiger partial charge in [-0.3, -0.25) is 9.69 Å². The van der Waals surface area contributed by atoms with E-state index < -0.39 is 0 Å². The lowest BCUT2D eigenvalue weighted by atomic mass is 9.98. The van der Waals surface area contributed by atoms with E-state index in [0.29, 0.717) is 5.56 Å². The molecule has 0 saturated carbocycles. The van der Waals surface area contributed by atoms with Crippen LogP contribution in [0.15, 0.2) is 95.5 Å². The van der Waals surface area contributed by atoms with Crippen molar-refractivity contribution in [3.05, 3.63) is 107 Å². The first-order valence-corrected chi connectivity index (χ1v) is 9.94. The zero-order valence-corrected chi connectivity index (χ0v) is 16.6. The quantitative estimate of drug-likeness (QED) is 0.401. The van der Waals surface area contributed by atoms with E-state index in [1.165, 1.54) is 0 Å². The SMILES string of the molecule is O=C1c2ccc3ccccc3c2N[C@H](c2ccc(Br)cc2)N1c1ccccc1. The lowest BCUT2D eigenvalue weighted by Gasteiger charge is -2.38. The van der Waals surface area contributed by atoms with Crippen LogP contribution in [0.25, 0.3) is 10.8 Å². The molecule has 3 nitrogen and oxygen atoms in total. The molecule has 28 heavy (non-hydrogen) atoms. The van der Waals surface area contributed by atoms with Crippen LogP contribution in [0.3, 0.4) is 0 Å². The second-order valence-electron chi connectivity index (χ2n) is 6.82. The van der Waals surface area contributed by atoms with E-state index in [4.69, 9.17) is 0 Å². The molecule has 0 bridgehead atoms. The Balaban J connectivity index is 1.73. The maximum absolute atomic E-state index is 13.6. The Labute approximate surface area is 171 Å². The Hall–Kier alpha value is -3.11. The summed E-state index contributed by atoms with van der Waals surface area (Å²) >= 11 is 3.50. The van der Waals surface area contributed by atoms with E-state index in [2.05, 4.69) is 33.4 Å². The second-order valence-corrected chi connectivity index (χ2v) is 7.73. The summed E-state index contributed by atoms with van der Waals surface area (Å²) in [6.07, 6.45) is -0.290. The van der Waals surface area contributed by atoms with Crippen molar-refractivity contribution in [3.63, 3.8) is 0 Å². The topological polar surface area (TPSA) is 32.3 Å². The molecule has 4 aromatic rings. The first-order valence-electron chi connectivity index (χ1n) is 9.15. The molecule has 0 fully saturated rings. The predicted molar refractivity (Wildman–Crippen MR) is 118 cm³/mol. The minimum Gasteiger partial charge on any atom is -0.360 e. The van der Waals surface area contributed by atoms with Gasteiger partial charge in [-0.1, -0.05) is 76.6 Å². The van der Waals surface area contributed by atoms with Crippen LogP contribution in [-0.2, 0) is 0 Å². The molecule has 4 heteroatoms. The van der Waals surface area contributed by atoms with Gasteiger partial charge in [0, 0.05) is 15.5 Å². The van der Waals surface area contributed by atoms with Crippen LogP contribution < -0.4 is 10.2 Å². The highest BCUT2D eigenvalue weighted by molar-refractivity contribution is 9.10.